The third-order valence-corrected chi connectivity index (χ3v) is 4.66. The van der Waals surface area contributed by atoms with Crippen molar-refractivity contribution in [3.8, 4) is 0 Å². The van der Waals surface area contributed by atoms with Crippen LogP contribution >= 0.6 is 0 Å². The van der Waals surface area contributed by atoms with Gasteiger partial charge in [-0.25, -0.2) is 12.7 Å². The summed E-state index contributed by atoms with van der Waals surface area (Å²) in [6.45, 7) is 0.719. The predicted octanol–water partition coefficient (Wildman–Crippen LogP) is 0.447. The van der Waals surface area contributed by atoms with Crippen LogP contribution < -0.4 is 4.68 Å². The summed E-state index contributed by atoms with van der Waals surface area (Å²) < 4.78 is 36.3. The molecule has 0 amide bonds. The van der Waals surface area contributed by atoms with E-state index in [1.165, 1.54) is 0 Å². The van der Waals surface area contributed by atoms with Crippen LogP contribution in [0.4, 0.5) is 0 Å². The largest absolute Gasteiger partial charge is 0.735 e. The molecule has 106 valence electrons. The Morgan fingerprint density at radius 2 is 2.15 bits per heavy atom. The maximum absolute atomic E-state index is 11.2. The maximum Gasteiger partial charge on any atom is 0.197 e. The van der Waals surface area contributed by atoms with E-state index in [2.05, 4.69) is 5.10 Å². The van der Waals surface area contributed by atoms with Crippen LogP contribution in [0, 0.1) is 0 Å². The maximum atomic E-state index is 11.2. The summed E-state index contributed by atoms with van der Waals surface area (Å²) in [5.41, 5.74) is 0.851. The molecule has 0 N–H and O–H groups in total. The third kappa shape index (κ3) is 2.65. The summed E-state index contributed by atoms with van der Waals surface area (Å²) >= 11 is 0. The van der Waals surface area contributed by atoms with Crippen molar-refractivity contribution in [2.24, 2.45) is 0 Å². The molecule has 1 aliphatic rings. The minimum Gasteiger partial charge on any atom is -0.735 e. The average molecular weight is 293 g/mol. The topological polar surface area (TPSA) is 77.2 Å². The van der Waals surface area contributed by atoms with E-state index in [1.807, 2.05) is 36.5 Å². The summed E-state index contributed by atoms with van der Waals surface area (Å²) in [4.78, 5) is 0. The van der Waals surface area contributed by atoms with Crippen molar-refractivity contribution in [3.05, 3.63) is 36.5 Å². The zero-order chi connectivity index (χ0) is 14.2. The molecule has 2 aromatic rings. The van der Waals surface area contributed by atoms with Gasteiger partial charge in [0, 0.05) is 23.1 Å². The van der Waals surface area contributed by atoms with E-state index in [9.17, 15) is 13.0 Å². The highest BCUT2D eigenvalue weighted by atomic mass is 32.2. The highest BCUT2D eigenvalue weighted by Crippen LogP contribution is 2.20. The predicted molar refractivity (Wildman–Crippen MR) is 71.4 cm³/mol. The first-order chi connectivity index (χ1) is 9.54. The molecular weight excluding hydrogens is 278 g/mol. The zero-order valence-electron chi connectivity index (χ0n) is 10.8. The summed E-state index contributed by atoms with van der Waals surface area (Å²) in [6.07, 6.45) is 3.24. The van der Waals surface area contributed by atoms with E-state index >= 15 is 0 Å². The van der Waals surface area contributed by atoms with Crippen molar-refractivity contribution in [1.29, 1.82) is 0 Å². The molecule has 2 heterocycles. The van der Waals surface area contributed by atoms with Gasteiger partial charge in [-0.15, -0.1) is 0 Å². The van der Waals surface area contributed by atoms with E-state index in [0.717, 1.165) is 21.6 Å². The summed E-state index contributed by atoms with van der Waals surface area (Å²) in [7, 11) is -4.37. The van der Waals surface area contributed by atoms with Gasteiger partial charge >= 0.3 is 0 Å². The first-order valence-corrected chi connectivity index (χ1v) is 7.89. The fraction of sp³-hybridized carbons (Fsp3) is 0.385. The Morgan fingerprint density at radius 1 is 1.35 bits per heavy atom. The number of hydrogen-bond donors (Lipinski definition) is 0. The third-order valence-electron chi connectivity index (χ3n) is 3.61. The van der Waals surface area contributed by atoms with Crippen molar-refractivity contribution in [1.82, 2.24) is 9.40 Å². The first kappa shape index (κ1) is 13.4. The Hall–Kier alpha value is -1.57. The number of hydrogen-bond acceptors (Lipinski definition) is 4. The van der Waals surface area contributed by atoms with Crippen molar-refractivity contribution in [2.75, 3.05) is 6.54 Å². The van der Waals surface area contributed by atoms with Crippen molar-refractivity contribution in [3.63, 3.8) is 0 Å². The van der Waals surface area contributed by atoms with Crippen LogP contribution in [0.1, 0.15) is 12.8 Å². The zero-order valence-corrected chi connectivity index (χ0v) is 11.7. The molecule has 6 nitrogen and oxygen atoms in total. The van der Waals surface area contributed by atoms with Gasteiger partial charge in [-0.2, -0.15) is 0 Å². The van der Waals surface area contributed by atoms with Gasteiger partial charge in [-0.3, -0.25) is 0 Å². The van der Waals surface area contributed by atoms with Crippen LogP contribution in [0.5, 0.6) is 0 Å². The van der Waals surface area contributed by atoms with E-state index in [-0.39, 0.29) is 6.04 Å². The van der Waals surface area contributed by atoms with Crippen LogP contribution in [0.15, 0.2) is 36.5 Å². The highest BCUT2D eigenvalue weighted by molar-refractivity contribution is 7.83. The molecule has 0 aliphatic carbocycles. The molecule has 0 unspecified atom stereocenters. The lowest BCUT2D eigenvalue weighted by Gasteiger charge is -2.24. The van der Waals surface area contributed by atoms with Crippen LogP contribution in [0.25, 0.3) is 10.9 Å². The molecule has 0 radical (unpaired) electrons. The van der Waals surface area contributed by atoms with Gasteiger partial charge in [0.2, 0.25) is 0 Å². The Bertz CT molecular complexity index is 732. The molecular formula is C13H15N3O3S. The van der Waals surface area contributed by atoms with Gasteiger partial charge in [-0.05, 0) is 18.9 Å². The Labute approximate surface area is 117 Å². The molecule has 20 heavy (non-hydrogen) atoms. The fourth-order valence-electron chi connectivity index (χ4n) is 2.66. The molecule has 3 rings (SSSR count). The monoisotopic (exact) mass is 293 g/mol. The molecule has 1 aromatic carbocycles. The lowest BCUT2D eigenvalue weighted by molar-refractivity contribution is -0.754. The van der Waals surface area contributed by atoms with Crippen LogP contribution in [-0.2, 0) is 16.8 Å². The molecule has 1 aromatic heterocycles. The van der Waals surface area contributed by atoms with Gasteiger partial charge in [0.15, 0.2) is 23.0 Å². The summed E-state index contributed by atoms with van der Waals surface area (Å²) in [5.74, 6) is 0. The standard InChI is InChI=1S/C13H15N3O3S/c17-20(18,19)16-8-3-5-12(16)10-15-9-7-11-4-1-2-6-13(11)14-15/h1-2,4,6-7,9,12H,3,5,8,10H2/t12-/m0/s1. The second-order valence-corrected chi connectivity index (χ2v) is 6.29. The van der Waals surface area contributed by atoms with E-state index in [4.69, 9.17) is 0 Å². The second kappa shape index (κ2) is 5.08. The van der Waals surface area contributed by atoms with Gasteiger partial charge in [0.05, 0.1) is 6.04 Å². The van der Waals surface area contributed by atoms with Crippen molar-refractivity contribution < 1.29 is 17.7 Å². The second-order valence-electron chi connectivity index (χ2n) is 4.96. The van der Waals surface area contributed by atoms with E-state index < -0.39 is 10.3 Å². The molecule has 1 atom stereocenters. The normalized spacial score (nSPS) is 20.6. The van der Waals surface area contributed by atoms with Crippen molar-refractivity contribution >= 4 is 21.2 Å². The lowest BCUT2D eigenvalue weighted by atomic mass is 10.2. The minimum absolute atomic E-state index is 0.295. The number of nitrogens with zero attached hydrogens (tertiary/aromatic N) is 3. The molecule has 0 saturated carbocycles. The smallest absolute Gasteiger partial charge is 0.197 e. The number of fused-ring (bicyclic) bond motifs is 1. The average Bonchev–Trinajstić information content (AvgIpc) is 2.87. The lowest BCUT2D eigenvalue weighted by Crippen LogP contribution is -2.48. The number of rotatable bonds is 3. The summed E-state index contributed by atoms with van der Waals surface area (Å²) in [6, 6.07) is 9.36. The van der Waals surface area contributed by atoms with Gasteiger partial charge in [0.1, 0.15) is 5.52 Å². The van der Waals surface area contributed by atoms with E-state index in [1.54, 1.807) is 4.68 Å². The quantitative estimate of drug-likeness (QED) is 0.608. The highest BCUT2D eigenvalue weighted by Gasteiger charge is 2.32. The molecule has 0 spiro atoms. The SMILES string of the molecule is O=S(=O)([O-])N1CCC[C@H]1C[n+]1ccc2ccccc2n1. The van der Waals surface area contributed by atoms with E-state index in [0.29, 0.717) is 19.5 Å². The number of aromatic nitrogens is 2. The van der Waals surface area contributed by atoms with Gasteiger partial charge in [0.25, 0.3) is 0 Å². The summed E-state index contributed by atoms with van der Waals surface area (Å²) in [5, 5.41) is 5.48. The van der Waals surface area contributed by atoms with Gasteiger partial charge < -0.3 is 4.55 Å². The number of benzene rings is 1. The fourth-order valence-corrected chi connectivity index (χ4v) is 3.55. The molecule has 1 aliphatic heterocycles. The molecule has 7 heteroatoms. The minimum atomic E-state index is -4.37. The first-order valence-electron chi connectivity index (χ1n) is 6.52. The Kier molecular flexibility index (Phi) is 3.41. The molecule has 1 fully saturated rings. The van der Waals surface area contributed by atoms with Crippen LogP contribution in [-0.4, -0.2) is 35.0 Å². The molecule has 0 bridgehead atoms. The van der Waals surface area contributed by atoms with Crippen LogP contribution in [0.3, 0.4) is 0 Å². The van der Waals surface area contributed by atoms with Gasteiger partial charge in [-0.1, -0.05) is 22.9 Å². The van der Waals surface area contributed by atoms with Crippen molar-refractivity contribution in [2.45, 2.75) is 25.4 Å². The Morgan fingerprint density at radius 3 is 2.95 bits per heavy atom. The molecule has 1 saturated heterocycles. The van der Waals surface area contributed by atoms with Crippen LogP contribution in [0.2, 0.25) is 0 Å². The Balaban J connectivity index is 1.85.